The fourth-order valence-electron chi connectivity index (χ4n) is 2.83. The molecule has 0 aliphatic carbocycles. The van der Waals surface area contributed by atoms with Crippen molar-refractivity contribution in [2.24, 2.45) is 0 Å². The van der Waals surface area contributed by atoms with Crippen LogP contribution in [0.15, 0.2) is 31.0 Å². The van der Waals surface area contributed by atoms with Crippen molar-refractivity contribution in [1.29, 1.82) is 5.26 Å². The normalized spacial score (nSPS) is 12.2. The highest BCUT2D eigenvalue weighted by molar-refractivity contribution is 7.45. The topological polar surface area (TPSA) is 161 Å². The van der Waals surface area contributed by atoms with Crippen LogP contribution in [0.4, 0.5) is 0 Å². The highest BCUT2D eigenvalue weighted by atomic mass is 31.2. The van der Waals surface area contributed by atoms with Gasteiger partial charge >= 0.3 is 7.82 Å². The molecular formula is C17H23N6O4P. The average Bonchev–Trinajstić information content (AvgIpc) is 3.29. The highest BCUT2D eigenvalue weighted by Gasteiger charge is 2.14. The first-order valence-corrected chi connectivity index (χ1v) is 10.4. The van der Waals surface area contributed by atoms with Crippen LogP contribution in [-0.4, -0.2) is 39.4 Å². The van der Waals surface area contributed by atoms with Crippen LogP contribution in [0.1, 0.15) is 45.1 Å². The number of nitriles is 1. The summed E-state index contributed by atoms with van der Waals surface area (Å²) in [6.45, 7) is 2.18. The molecule has 3 rings (SSSR count). The van der Waals surface area contributed by atoms with Crippen molar-refractivity contribution in [1.82, 2.24) is 24.7 Å². The minimum Gasteiger partial charge on any atom is -0.346 e. The number of rotatable bonds is 7. The molecule has 10 nitrogen and oxygen atoms in total. The smallest absolute Gasteiger partial charge is 0.346 e. The number of aromatic amines is 1. The van der Waals surface area contributed by atoms with E-state index in [4.69, 9.17) is 24.5 Å². The summed E-state index contributed by atoms with van der Waals surface area (Å²) in [4.78, 5) is 33.3. The van der Waals surface area contributed by atoms with Gasteiger partial charge in [0.1, 0.15) is 12.0 Å². The summed E-state index contributed by atoms with van der Waals surface area (Å²) in [5, 5.41) is 14.5. The molecule has 0 radical (unpaired) electrons. The van der Waals surface area contributed by atoms with Gasteiger partial charge in [-0.1, -0.05) is 26.2 Å². The van der Waals surface area contributed by atoms with Gasteiger partial charge in [-0.2, -0.15) is 10.4 Å². The van der Waals surface area contributed by atoms with Crippen LogP contribution < -0.4 is 0 Å². The van der Waals surface area contributed by atoms with E-state index in [2.05, 4.69) is 33.0 Å². The zero-order valence-corrected chi connectivity index (χ0v) is 16.3. The molecule has 0 aromatic carbocycles. The van der Waals surface area contributed by atoms with Crippen LogP contribution in [-0.2, 0) is 4.57 Å². The van der Waals surface area contributed by atoms with Gasteiger partial charge in [-0.25, -0.2) is 14.5 Å². The summed E-state index contributed by atoms with van der Waals surface area (Å²) in [5.74, 6) is 0. The molecule has 0 fully saturated rings. The number of hydrogen-bond donors (Lipinski definition) is 4. The van der Waals surface area contributed by atoms with Crippen molar-refractivity contribution in [3.05, 3.63) is 31.0 Å². The Morgan fingerprint density at radius 3 is 2.75 bits per heavy atom. The first-order valence-electron chi connectivity index (χ1n) is 8.81. The lowest BCUT2D eigenvalue weighted by molar-refractivity contribution is 0.275. The lowest BCUT2D eigenvalue weighted by Crippen LogP contribution is -2.09. The standard InChI is InChI=1S/C17H20N6.H3O4P/c1-2-3-4-5-14(6-8-18)23-11-13(10-22-23)16-15-7-9-19-17(15)21-12-20-16;1-5(2,3)4/h7,9-12,14H,2-6H2,1H3,(H,19,20,21);(H3,1,2,3,4)/t14-;/m0./s1. The Morgan fingerprint density at radius 2 is 2.07 bits per heavy atom. The number of aromatic nitrogens is 5. The molecule has 150 valence electrons. The van der Waals surface area contributed by atoms with Crippen molar-refractivity contribution < 1.29 is 19.2 Å². The molecule has 3 aromatic heterocycles. The fraction of sp³-hybridized carbons (Fsp3) is 0.412. The van der Waals surface area contributed by atoms with Crippen molar-refractivity contribution in [2.45, 2.75) is 45.1 Å². The number of unbranched alkanes of at least 4 members (excludes halogenated alkanes) is 2. The third kappa shape index (κ3) is 6.55. The predicted molar refractivity (Wildman–Crippen MR) is 103 cm³/mol. The van der Waals surface area contributed by atoms with Gasteiger partial charge in [0.05, 0.1) is 30.4 Å². The van der Waals surface area contributed by atoms with E-state index in [1.807, 2.05) is 29.3 Å². The van der Waals surface area contributed by atoms with Gasteiger partial charge in [0.15, 0.2) is 0 Å². The first-order chi connectivity index (χ1) is 13.3. The largest absolute Gasteiger partial charge is 0.466 e. The Hall–Kier alpha value is -2.57. The van der Waals surface area contributed by atoms with Gasteiger partial charge in [0.2, 0.25) is 0 Å². The van der Waals surface area contributed by atoms with Crippen molar-refractivity contribution >= 4 is 18.9 Å². The van der Waals surface area contributed by atoms with Crippen molar-refractivity contribution in [3.63, 3.8) is 0 Å². The molecule has 0 aliphatic heterocycles. The molecule has 0 aliphatic rings. The van der Waals surface area contributed by atoms with Crippen LogP contribution in [0.25, 0.3) is 22.3 Å². The molecule has 4 N–H and O–H groups in total. The van der Waals surface area contributed by atoms with E-state index >= 15 is 0 Å². The molecule has 28 heavy (non-hydrogen) atoms. The summed E-state index contributed by atoms with van der Waals surface area (Å²) in [5.41, 5.74) is 2.64. The Balaban J connectivity index is 0.000000500. The van der Waals surface area contributed by atoms with Gasteiger partial charge < -0.3 is 19.7 Å². The molecule has 11 heteroatoms. The van der Waals surface area contributed by atoms with Crippen LogP contribution in [0.5, 0.6) is 0 Å². The van der Waals surface area contributed by atoms with E-state index in [0.717, 1.165) is 35.1 Å². The second kappa shape index (κ2) is 10.1. The van der Waals surface area contributed by atoms with Gasteiger partial charge in [0.25, 0.3) is 0 Å². The maximum Gasteiger partial charge on any atom is 0.466 e. The molecular weight excluding hydrogens is 383 g/mol. The number of nitrogens with one attached hydrogen (secondary N) is 1. The number of hydrogen-bond acceptors (Lipinski definition) is 5. The summed E-state index contributed by atoms with van der Waals surface area (Å²) in [6, 6.07) is 4.37. The minimum atomic E-state index is -4.64. The SMILES string of the molecule is CCCCC[C@@H](CC#N)n1cc(-c2ncnc3[nH]ccc23)cn1.O=P(O)(O)O. The van der Waals surface area contributed by atoms with E-state index in [0.29, 0.717) is 6.42 Å². The molecule has 0 spiro atoms. The quantitative estimate of drug-likeness (QED) is 0.344. The predicted octanol–water partition coefficient (Wildman–Crippen LogP) is 2.93. The molecule has 0 amide bonds. The monoisotopic (exact) mass is 406 g/mol. The maximum absolute atomic E-state index is 9.08. The molecule has 3 aromatic rings. The summed E-state index contributed by atoms with van der Waals surface area (Å²) < 4.78 is 10.8. The van der Waals surface area contributed by atoms with E-state index in [-0.39, 0.29) is 6.04 Å². The van der Waals surface area contributed by atoms with Crippen LogP contribution in [0, 0.1) is 11.3 Å². The lowest BCUT2D eigenvalue weighted by atomic mass is 10.1. The number of H-pyrrole nitrogens is 1. The third-order valence-corrected chi connectivity index (χ3v) is 4.07. The van der Waals surface area contributed by atoms with Crippen molar-refractivity contribution in [3.8, 4) is 17.3 Å². The van der Waals surface area contributed by atoms with Gasteiger partial charge in [-0.3, -0.25) is 4.68 Å². The lowest BCUT2D eigenvalue weighted by Gasteiger charge is -2.13. The fourth-order valence-corrected chi connectivity index (χ4v) is 2.83. The second-order valence-corrected chi connectivity index (χ2v) is 7.22. The maximum atomic E-state index is 9.08. The summed E-state index contributed by atoms with van der Waals surface area (Å²) in [6.07, 6.45) is 12.2. The first kappa shape index (κ1) is 21.7. The summed E-state index contributed by atoms with van der Waals surface area (Å²) >= 11 is 0. The van der Waals surface area contributed by atoms with E-state index in [9.17, 15) is 0 Å². The Labute approximate surface area is 162 Å². The van der Waals surface area contributed by atoms with E-state index in [1.165, 1.54) is 12.8 Å². The zero-order chi connectivity index (χ0) is 20.6. The Bertz CT molecular complexity index is 965. The van der Waals surface area contributed by atoms with Gasteiger partial charge in [-0.15, -0.1) is 0 Å². The third-order valence-electron chi connectivity index (χ3n) is 4.07. The number of phosphoric acid groups is 1. The molecule has 0 unspecified atom stereocenters. The Morgan fingerprint density at radius 1 is 1.32 bits per heavy atom. The second-order valence-electron chi connectivity index (χ2n) is 6.20. The van der Waals surface area contributed by atoms with Gasteiger partial charge in [-0.05, 0) is 12.5 Å². The average molecular weight is 406 g/mol. The number of nitrogens with zero attached hydrogens (tertiary/aromatic N) is 5. The van der Waals surface area contributed by atoms with Gasteiger partial charge in [0, 0.05) is 23.3 Å². The van der Waals surface area contributed by atoms with Crippen molar-refractivity contribution in [2.75, 3.05) is 0 Å². The molecule has 1 atom stereocenters. The van der Waals surface area contributed by atoms with E-state index < -0.39 is 7.82 Å². The minimum absolute atomic E-state index is 0.129. The molecule has 3 heterocycles. The molecule has 0 saturated heterocycles. The number of fused-ring (bicyclic) bond motifs is 1. The highest BCUT2D eigenvalue weighted by Crippen LogP contribution is 2.27. The van der Waals surface area contributed by atoms with Crippen LogP contribution in [0.3, 0.4) is 0 Å². The summed E-state index contributed by atoms with van der Waals surface area (Å²) in [7, 11) is -4.64. The zero-order valence-electron chi connectivity index (χ0n) is 15.4. The Kier molecular flexibility index (Phi) is 7.84. The van der Waals surface area contributed by atoms with Crippen LogP contribution >= 0.6 is 7.82 Å². The molecule has 0 saturated carbocycles. The molecule has 0 bridgehead atoms. The van der Waals surface area contributed by atoms with E-state index in [1.54, 1.807) is 6.33 Å². The van der Waals surface area contributed by atoms with Crippen LogP contribution in [0.2, 0.25) is 0 Å².